The van der Waals surface area contributed by atoms with Crippen molar-refractivity contribution < 1.29 is 27.4 Å². The van der Waals surface area contributed by atoms with Crippen LogP contribution in [0.3, 0.4) is 0 Å². The number of benzene rings is 2. The monoisotopic (exact) mass is 526 g/mol. The van der Waals surface area contributed by atoms with Gasteiger partial charge in [0.1, 0.15) is 17.5 Å². The van der Waals surface area contributed by atoms with Gasteiger partial charge in [-0.25, -0.2) is 4.79 Å². The van der Waals surface area contributed by atoms with Crippen molar-refractivity contribution >= 4 is 33.5 Å². The number of alkyl halides is 3. The second-order valence-corrected chi connectivity index (χ2v) is 7.83. The fourth-order valence-corrected chi connectivity index (χ4v) is 3.84. The van der Waals surface area contributed by atoms with E-state index >= 15 is 0 Å². The van der Waals surface area contributed by atoms with E-state index in [4.69, 9.17) is 21.1 Å². The number of carbonyl (C=O) groups excluding carboxylic acids is 1. The molecule has 0 saturated carbocycles. The number of nitriles is 1. The molecule has 1 heterocycles. The number of para-hydroxylation sites is 1. The number of rotatable bonds is 6. The zero-order valence-electron chi connectivity index (χ0n) is 16.5. The highest BCUT2D eigenvalue weighted by molar-refractivity contribution is 9.10. The zero-order valence-corrected chi connectivity index (χ0v) is 18.8. The molecule has 3 rings (SSSR count). The fourth-order valence-electron chi connectivity index (χ4n) is 3.00. The molecule has 5 nitrogen and oxygen atoms in total. The van der Waals surface area contributed by atoms with Crippen LogP contribution in [0.4, 0.5) is 13.2 Å². The SMILES string of the molecule is CC(Oc1ccccc1)C(=O)OCn1c(-c2ccc(Cl)cc2)c(C#N)c(Br)c1C(F)(F)F. The number of hydrogen-bond acceptors (Lipinski definition) is 4. The predicted octanol–water partition coefficient (Wildman–Crippen LogP) is 6.43. The molecule has 0 aliphatic heterocycles. The van der Waals surface area contributed by atoms with Crippen LogP contribution in [0.25, 0.3) is 11.3 Å². The maximum Gasteiger partial charge on any atom is 0.432 e. The largest absolute Gasteiger partial charge is 0.479 e. The van der Waals surface area contributed by atoms with Crippen molar-refractivity contribution in [3.63, 3.8) is 0 Å². The van der Waals surface area contributed by atoms with Crippen molar-refractivity contribution in [1.82, 2.24) is 4.57 Å². The average molecular weight is 528 g/mol. The van der Waals surface area contributed by atoms with Crippen LogP contribution in [0.5, 0.6) is 5.75 Å². The number of esters is 1. The molecule has 166 valence electrons. The third kappa shape index (κ3) is 5.09. The lowest BCUT2D eigenvalue weighted by Gasteiger charge is -2.18. The molecular formula is C22H15BrClF3N2O3. The van der Waals surface area contributed by atoms with Crippen molar-refractivity contribution in [3.05, 3.63) is 75.4 Å². The molecule has 0 aliphatic carbocycles. The Morgan fingerprint density at radius 3 is 2.38 bits per heavy atom. The van der Waals surface area contributed by atoms with Gasteiger partial charge < -0.3 is 14.0 Å². The second-order valence-electron chi connectivity index (χ2n) is 6.60. The summed E-state index contributed by atoms with van der Waals surface area (Å²) < 4.78 is 52.4. The summed E-state index contributed by atoms with van der Waals surface area (Å²) >= 11 is 8.77. The van der Waals surface area contributed by atoms with E-state index in [-0.39, 0.29) is 11.3 Å². The summed E-state index contributed by atoms with van der Waals surface area (Å²) in [6.45, 7) is 0.640. The topological polar surface area (TPSA) is 64.2 Å². The van der Waals surface area contributed by atoms with E-state index in [0.717, 1.165) is 4.57 Å². The van der Waals surface area contributed by atoms with Crippen molar-refractivity contribution in [1.29, 1.82) is 5.26 Å². The van der Waals surface area contributed by atoms with Crippen molar-refractivity contribution in [2.24, 2.45) is 0 Å². The summed E-state index contributed by atoms with van der Waals surface area (Å²) in [6.07, 6.45) is -5.90. The Kier molecular flexibility index (Phi) is 7.16. The molecule has 0 fully saturated rings. The van der Waals surface area contributed by atoms with Gasteiger partial charge in [-0.1, -0.05) is 41.9 Å². The lowest BCUT2D eigenvalue weighted by Crippen LogP contribution is -2.28. The standard InChI is InChI=1S/C22H15BrClF3N2O3/c1-13(32-16-5-3-2-4-6-16)21(30)31-12-29-19(14-7-9-15(24)10-8-14)17(11-28)18(23)20(29)22(25,26)27/h2-10,13H,12H2,1H3. The lowest BCUT2D eigenvalue weighted by molar-refractivity contribution is -0.160. The third-order valence-electron chi connectivity index (χ3n) is 4.43. The van der Waals surface area contributed by atoms with Gasteiger partial charge in [-0.05, 0) is 52.7 Å². The van der Waals surface area contributed by atoms with Crippen molar-refractivity contribution in [2.75, 3.05) is 0 Å². The van der Waals surface area contributed by atoms with Gasteiger partial charge in [0.05, 0.1) is 15.7 Å². The van der Waals surface area contributed by atoms with E-state index in [0.29, 0.717) is 16.3 Å². The number of carbonyl (C=O) groups is 1. The van der Waals surface area contributed by atoms with Gasteiger partial charge in [-0.3, -0.25) is 0 Å². The molecule has 1 unspecified atom stereocenters. The minimum absolute atomic E-state index is 0.0622. The summed E-state index contributed by atoms with van der Waals surface area (Å²) in [4.78, 5) is 12.4. The van der Waals surface area contributed by atoms with Crippen LogP contribution in [0, 0.1) is 11.3 Å². The molecule has 0 radical (unpaired) electrons. The minimum Gasteiger partial charge on any atom is -0.479 e. The molecule has 1 aromatic heterocycles. The first-order valence-corrected chi connectivity index (χ1v) is 10.3. The highest BCUT2D eigenvalue weighted by Crippen LogP contribution is 2.43. The normalized spacial score (nSPS) is 12.2. The Hall–Kier alpha value is -2.96. The predicted molar refractivity (Wildman–Crippen MR) is 115 cm³/mol. The fraction of sp³-hybridized carbons (Fsp3) is 0.182. The smallest absolute Gasteiger partial charge is 0.432 e. The first-order chi connectivity index (χ1) is 15.1. The van der Waals surface area contributed by atoms with E-state index in [1.54, 1.807) is 36.4 Å². The Bertz CT molecular complexity index is 1160. The van der Waals surface area contributed by atoms with Crippen molar-refractivity contribution in [2.45, 2.75) is 25.9 Å². The summed E-state index contributed by atoms with van der Waals surface area (Å²) in [5, 5.41) is 9.91. The van der Waals surface area contributed by atoms with Gasteiger partial charge >= 0.3 is 12.1 Å². The van der Waals surface area contributed by atoms with Crippen LogP contribution in [0.15, 0.2) is 59.1 Å². The number of halogens is 5. The first-order valence-electron chi connectivity index (χ1n) is 9.17. The van der Waals surface area contributed by atoms with Crippen LogP contribution in [0.1, 0.15) is 18.2 Å². The Morgan fingerprint density at radius 2 is 1.81 bits per heavy atom. The molecule has 0 aliphatic rings. The van der Waals surface area contributed by atoms with Crippen molar-refractivity contribution in [3.8, 4) is 23.1 Å². The molecule has 0 amide bonds. The van der Waals surface area contributed by atoms with Gasteiger partial charge in [0, 0.05) is 5.02 Å². The highest BCUT2D eigenvalue weighted by Gasteiger charge is 2.41. The summed E-state index contributed by atoms with van der Waals surface area (Å²) in [5.41, 5.74) is -1.16. The molecular weight excluding hydrogens is 513 g/mol. The van der Waals surface area contributed by atoms with E-state index in [1.165, 1.54) is 31.2 Å². The van der Waals surface area contributed by atoms with E-state index in [9.17, 15) is 23.2 Å². The number of ether oxygens (including phenoxy) is 2. The number of hydrogen-bond donors (Lipinski definition) is 0. The Morgan fingerprint density at radius 1 is 1.19 bits per heavy atom. The molecule has 10 heteroatoms. The third-order valence-corrected chi connectivity index (χ3v) is 5.45. The van der Waals surface area contributed by atoms with Gasteiger partial charge in [0.2, 0.25) is 0 Å². The van der Waals surface area contributed by atoms with Crippen LogP contribution in [-0.2, 0) is 22.4 Å². The molecule has 0 saturated heterocycles. The second kappa shape index (κ2) is 9.67. The number of nitrogens with zero attached hydrogens (tertiary/aromatic N) is 2. The van der Waals surface area contributed by atoms with Crippen LogP contribution in [0.2, 0.25) is 5.02 Å². The van der Waals surface area contributed by atoms with Crippen LogP contribution >= 0.6 is 27.5 Å². The summed E-state index contributed by atoms with van der Waals surface area (Å²) in [7, 11) is 0. The summed E-state index contributed by atoms with van der Waals surface area (Å²) in [6, 6.07) is 16.2. The van der Waals surface area contributed by atoms with E-state index in [2.05, 4.69) is 15.9 Å². The highest BCUT2D eigenvalue weighted by atomic mass is 79.9. The molecule has 3 aromatic rings. The Labute approximate surface area is 195 Å². The zero-order chi connectivity index (χ0) is 23.5. The summed E-state index contributed by atoms with van der Waals surface area (Å²) in [5.74, 6) is -0.461. The van der Waals surface area contributed by atoms with Crippen LogP contribution < -0.4 is 4.74 Å². The maximum absolute atomic E-state index is 13.8. The minimum atomic E-state index is -4.83. The molecule has 0 bridgehead atoms. The molecule has 1 atom stereocenters. The van der Waals surface area contributed by atoms with E-state index in [1.807, 2.05) is 0 Å². The van der Waals surface area contributed by atoms with Gasteiger partial charge in [-0.15, -0.1) is 0 Å². The molecule has 2 aromatic carbocycles. The Balaban J connectivity index is 1.96. The van der Waals surface area contributed by atoms with Gasteiger partial charge in [0.25, 0.3) is 0 Å². The quantitative estimate of drug-likeness (QED) is 0.347. The molecule has 0 spiro atoms. The van der Waals surface area contributed by atoms with Gasteiger partial charge in [0.15, 0.2) is 12.8 Å². The molecule has 32 heavy (non-hydrogen) atoms. The van der Waals surface area contributed by atoms with E-state index < -0.39 is 35.1 Å². The first kappa shape index (κ1) is 23.7. The lowest BCUT2D eigenvalue weighted by atomic mass is 10.1. The van der Waals surface area contributed by atoms with Gasteiger partial charge in [-0.2, -0.15) is 18.4 Å². The maximum atomic E-state index is 13.8. The molecule has 0 N–H and O–H groups in total. The number of aromatic nitrogens is 1. The van der Waals surface area contributed by atoms with Crippen LogP contribution in [-0.4, -0.2) is 16.6 Å². The average Bonchev–Trinajstić information content (AvgIpc) is 3.04.